The van der Waals surface area contributed by atoms with Gasteiger partial charge in [0.15, 0.2) is 0 Å². The second-order valence-corrected chi connectivity index (χ2v) is 28.6. The summed E-state index contributed by atoms with van der Waals surface area (Å²) in [6, 6.07) is 74.0. The van der Waals surface area contributed by atoms with Crippen molar-refractivity contribution in [3.05, 3.63) is 335 Å². The quantitative estimate of drug-likeness (QED) is 0.101. The van der Waals surface area contributed by atoms with E-state index in [1.807, 2.05) is 36.4 Å². The smallest absolute Gasteiger partial charge is 0.545 e. The fourth-order valence-corrected chi connectivity index (χ4v) is 16.3. The second-order valence-electron chi connectivity index (χ2n) is 28.6. The van der Waals surface area contributed by atoms with Crippen molar-refractivity contribution in [1.82, 2.24) is 0 Å². The minimum atomic E-state index is -1.16. The molecule has 0 saturated carbocycles. The number of hydrogen-bond acceptors (Lipinski definition) is 7. The Morgan fingerprint density at radius 3 is 0.448 bits per heavy atom. The summed E-state index contributed by atoms with van der Waals surface area (Å²) >= 11 is 0. The minimum absolute atomic E-state index is 0. The number of carboxylic acids is 3. The summed E-state index contributed by atoms with van der Waals surface area (Å²) in [7, 11) is 1.00. The molecule has 12 aromatic carbocycles. The zero-order valence-electron chi connectivity index (χ0n) is 64.3. The predicted octanol–water partition coefficient (Wildman–Crippen LogP) is 11.9. The number of carbonyl (C=O) groups excluding carboxylic acids is 3. The molecule has 0 aliphatic rings. The van der Waals surface area contributed by atoms with Crippen molar-refractivity contribution in [2.24, 2.45) is 0 Å². The molecule has 0 spiro atoms. The molecule has 0 aliphatic heterocycles. The molecule has 0 amide bonds. The normalized spacial score (nSPS) is 10.6. The van der Waals surface area contributed by atoms with Crippen molar-refractivity contribution in [2.45, 2.75) is 125 Å². The Kier molecular flexibility index (Phi) is 27.7. The van der Waals surface area contributed by atoms with Gasteiger partial charge in [-0.05, 0) is 175 Å². The zero-order valence-corrected chi connectivity index (χ0v) is 66.7. The molecular weight excluding hydrogens is 1430 g/mol. The van der Waals surface area contributed by atoms with E-state index < -0.39 is 17.9 Å². The van der Waals surface area contributed by atoms with E-state index in [4.69, 9.17) is 5.11 Å². The van der Waals surface area contributed by atoms with Gasteiger partial charge < -0.3 is 34.8 Å². The van der Waals surface area contributed by atoms with Gasteiger partial charge in [-0.3, -0.25) is 0 Å². The molecule has 0 heterocycles. The van der Waals surface area contributed by atoms with E-state index in [2.05, 4.69) is 270 Å². The van der Waals surface area contributed by atoms with Gasteiger partial charge in [-0.15, -0.1) is 0 Å². The Balaban J connectivity index is 0.000000196. The van der Waals surface area contributed by atoms with Gasteiger partial charge in [0.25, 0.3) is 0 Å². The Morgan fingerprint density at radius 2 is 0.333 bits per heavy atom. The monoisotopic (exact) mass is 1520 g/mol. The fourth-order valence-electron chi connectivity index (χ4n) is 16.3. The number of aryl methyl sites for hydroxylation is 18. The standard InChI is InChI=1S/3C31H31BO2.CH4O.Eu/c3*1-19-15-21(3)29(22(4)16-19)32(30-23(5)17-20(2)18-24(30)6)28-13-11-26(12-14-28)25-7-9-27(10-8-25)31(33)34;1-2;/h3*7-18H,1-6H3,(H,33,34);2H,1H3;/q;;;;+3/p-3. The SMILES string of the molecule is CO.Cc1cc(C)c(B(c2ccc(-c3ccc(C(=O)[O-])cc3)cc2)c2c(C)cc(C)cc2C)c(C)c1.Cc1cc(C)c(B(c2ccc(-c3ccc(C(=O)[O-])cc3)cc2)c2c(C)cc(C)cc2C)c(C)c1.Cc1cc(C)c(B(c2ccc(-c3ccc(C(=O)[O-])cc3)cc2)c2c(C)cc(C)cc2C)c(C)c1.[Eu+3]. The maximum absolute atomic E-state index is 11.1. The number of aliphatic hydroxyl groups excluding tert-OH is 1. The largest absolute Gasteiger partial charge is 3.00 e. The van der Waals surface area contributed by atoms with Crippen molar-refractivity contribution in [3.63, 3.8) is 0 Å². The molecule has 7 nitrogen and oxygen atoms in total. The van der Waals surface area contributed by atoms with Crippen LogP contribution in [0.15, 0.2) is 218 Å². The molecule has 1 N–H and O–H groups in total. The minimum Gasteiger partial charge on any atom is -0.545 e. The summed E-state index contributed by atoms with van der Waals surface area (Å²) in [6.07, 6.45) is 0. The van der Waals surface area contributed by atoms with E-state index in [1.165, 1.54) is 149 Å². The summed E-state index contributed by atoms with van der Waals surface area (Å²) in [5, 5.41) is 40.2. The zero-order chi connectivity index (χ0) is 75.7. The van der Waals surface area contributed by atoms with Crippen LogP contribution < -0.4 is 64.5 Å². The van der Waals surface area contributed by atoms with Crippen LogP contribution in [0.4, 0.5) is 0 Å². The fraction of sp³-hybridized carbons (Fsp3) is 0.202. The first kappa shape index (κ1) is 81.5. The van der Waals surface area contributed by atoms with E-state index in [1.54, 1.807) is 36.4 Å². The summed E-state index contributed by atoms with van der Waals surface area (Å²) in [5.41, 5.74) is 42.1. The van der Waals surface area contributed by atoms with E-state index in [0.29, 0.717) is 0 Å². The van der Waals surface area contributed by atoms with Crippen LogP contribution in [0.5, 0.6) is 0 Å². The van der Waals surface area contributed by atoms with Crippen LogP contribution in [0.3, 0.4) is 0 Å². The molecule has 11 heteroatoms. The molecule has 105 heavy (non-hydrogen) atoms. The van der Waals surface area contributed by atoms with E-state index in [0.717, 1.165) is 40.5 Å². The third kappa shape index (κ3) is 19.1. The van der Waals surface area contributed by atoms with Gasteiger partial charge in [-0.2, -0.15) is 0 Å². The average molecular weight is 1520 g/mol. The van der Waals surface area contributed by atoms with Gasteiger partial charge in [-0.1, -0.05) is 368 Å². The summed E-state index contributed by atoms with van der Waals surface area (Å²) in [5.74, 6) is -3.47. The molecule has 12 rings (SSSR count). The molecule has 0 unspecified atom stereocenters. The van der Waals surface area contributed by atoms with Crippen LogP contribution in [-0.4, -0.2) is 50.3 Å². The molecule has 12 aromatic rings. The van der Waals surface area contributed by atoms with Crippen LogP contribution >= 0.6 is 0 Å². The van der Waals surface area contributed by atoms with Gasteiger partial charge in [0, 0.05) is 7.11 Å². The number of carboxylic acid groups (broad SMARTS) is 3. The molecule has 0 saturated heterocycles. The molecule has 0 fully saturated rings. The Labute approximate surface area is 665 Å². The van der Waals surface area contributed by atoms with Crippen LogP contribution in [0.25, 0.3) is 33.4 Å². The van der Waals surface area contributed by atoms with Crippen LogP contribution in [0.2, 0.25) is 0 Å². The van der Waals surface area contributed by atoms with E-state index in [9.17, 15) is 29.7 Å². The Morgan fingerprint density at radius 1 is 0.219 bits per heavy atom. The number of aromatic carboxylic acids is 3. The molecule has 0 radical (unpaired) electrons. The summed E-state index contributed by atoms with van der Waals surface area (Å²) < 4.78 is 0. The number of aliphatic hydroxyl groups is 1. The third-order valence-electron chi connectivity index (χ3n) is 20.3. The first-order valence-electron chi connectivity index (χ1n) is 35.6. The van der Waals surface area contributed by atoms with Crippen molar-refractivity contribution in [1.29, 1.82) is 0 Å². The maximum atomic E-state index is 11.1. The van der Waals surface area contributed by atoms with E-state index in [-0.39, 0.29) is 86.2 Å². The molecular formula is C94H94B3EuO7. The molecule has 0 aromatic heterocycles. The Hall–Kier alpha value is -9.21. The second kappa shape index (κ2) is 35.7. The van der Waals surface area contributed by atoms with Crippen LogP contribution in [0.1, 0.15) is 131 Å². The van der Waals surface area contributed by atoms with Crippen molar-refractivity contribution in [3.8, 4) is 33.4 Å². The molecule has 0 bridgehead atoms. The first-order valence-corrected chi connectivity index (χ1v) is 35.6. The topological polar surface area (TPSA) is 141 Å². The third-order valence-corrected chi connectivity index (χ3v) is 20.3. The molecule has 528 valence electrons. The molecule has 0 aliphatic carbocycles. The van der Waals surface area contributed by atoms with Crippen molar-refractivity contribution < 1.29 is 84.2 Å². The number of benzene rings is 12. The average Bonchev–Trinajstić information content (AvgIpc) is 0.776. The predicted molar refractivity (Wildman–Crippen MR) is 435 cm³/mol. The summed E-state index contributed by atoms with van der Waals surface area (Å²) in [6.45, 7) is 39.9. The van der Waals surface area contributed by atoms with Gasteiger partial charge in [0.1, 0.15) is 0 Å². The van der Waals surface area contributed by atoms with E-state index >= 15 is 0 Å². The van der Waals surface area contributed by atoms with Crippen LogP contribution in [-0.2, 0) is 0 Å². The maximum Gasteiger partial charge on any atom is 3.00 e. The van der Waals surface area contributed by atoms with Crippen molar-refractivity contribution in [2.75, 3.05) is 7.11 Å². The van der Waals surface area contributed by atoms with Gasteiger partial charge in [0.2, 0.25) is 20.1 Å². The van der Waals surface area contributed by atoms with Crippen LogP contribution in [0, 0.1) is 174 Å². The van der Waals surface area contributed by atoms with Crippen molar-refractivity contribution >= 4 is 87.2 Å². The molecule has 0 atom stereocenters. The number of rotatable bonds is 15. The van der Waals surface area contributed by atoms with Gasteiger partial charge >= 0.3 is 49.4 Å². The Bertz CT molecular complexity index is 4310. The summed E-state index contributed by atoms with van der Waals surface area (Å²) in [4.78, 5) is 33.2. The van der Waals surface area contributed by atoms with Gasteiger partial charge in [-0.25, -0.2) is 0 Å². The number of hydrogen-bond donors (Lipinski definition) is 1. The number of carbonyl (C=O) groups is 3. The first-order chi connectivity index (χ1) is 49.5. The van der Waals surface area contributed by atoms with Gasteiger partial charge in [0.05, 0.1) is 17.9 Å².